The predicted molar refractivity (Wildman–Crippen MR) is 97.7 cm³/mol. The normalized spacial score (nSPS) is 15.8. The molecule has 2 aromatic rings. The van der Waals surface area contributed by atoms with Crippen LogP contribution in [0.15, 0.2) is 47.4 Å². The molecule has 8 heteroatoms. The van der Waals surface area contributed by atoms with Crippen molar-refractivity contribution in [1.82, 2.24) is 4.90 Å². The molecule has 0 atom stereocenters. The molecule has 0 unspecified atom stereocenters. The molecule has 26 heavy (non-hydrogen) atoms. The quantitative estimate of drug-likeness (QED) is 0.767. The van der Waals surface area contributed by atoms with Crippen molar-refractivity contribution in [2.24, 2.45) is 0 Å². The summed E-state index contributed by atoms with van der Waals surface area (Å²) >= 11 is 6.66. The molecule has 0 aromatic heterocycles. The number of benzene rings is 2. The minimum absolute atomic E-state index is 0.0603. The fraction of sp³-hybridized carbons (Fsp3) is 0.111. The maximum Gasteiger partial charge on any atom is 0.293 e. The number of imide groups is 1. The Morgan fingerprint density at radius 1 is 1.19 bits per heavy atom. The third-order valence-electron chi connectivity index (χ3n) is 3.54. The molecule has 2 amide bonds. The number of rotatable bonds is 5. The van der Waals surface area contributed by atoms with Crippen LogP contribution < -0.4 is 4.74 Å². The van der Waals surface area contributed by atoms with Gasteiger partial charge in [-0.3, -0.25) is 14.5 Å². The predicted octanol–water partition coefficient (Wildman–Crippen LogP) is 4.30. The number of phenolic OH excluding ortho intramolecular Hbond substituents is 1. The molecule has 1 fully saturated rings. The van der Waals surface area contributed by atoms with E-state index in [0.717, 1.165) is 16.7 Å². The maximum atomic E-state index is 12.8. The Bertz CT molecular complexity index is 885. The van der Waals surface area contributed by atoms with Crippen LogP contribution in [0.1, 0.15) is 5.56 Å². The Hall–Kier alpha value is -2.51. The van der Waals surface area contributed by atoms with Crippen LogP contribution in [-0.2, 0) is 4.79 Å². The topological polar surface area (TPSA) is 66.8 Å². The van der Waals surface area contributed by atoms with E-state index in [1.165, 1.54) is 42.5 Å². The molecular formula is C18H13ClFNO4S. The van der Waals surface area contributed by atoms with E-state index in [4.69, 9.17) is 16.3 Å². The number of carbonyl (C=O) groups excluding carboxylic acids is 2. The molecule has 1 saturated heterocycles. The lowest BCUT2D eigenvalue weighted by Crippen LogP contribution is -2.32. The van der Waals surface area contributed by atoms with Crippen molar-refractivity contribution in [3.8, 4) is 11.5 Å². The minimum Gasteiger partial charge on any atom is -0.506 e. The lowest BCUT2D eigenvalue weighted by atomic mass is 10.2. The Morgan fingerprint density at radius 2 is 1.92 bits per heavy atom. The van der Waals surface area contributed by atoms with Crippen LogP contribution >= 0.6 is 23.4 Å². The first-order chi connectivity index (χ1) is 12.4. The summed E-state index contributed by atoms with van der Waals surface area (Å²) in [6, 6.07) is 9.97. The highest BCUT2D eigenvalue weighted by Crippen LogP contribution is 2.33. The lowest BCUT2D eigenvalue weighted by Gasteiger charge is -2.13. The molecule has 0 radical (unpaired) electrons. The monoisotopic (exact) mass is 393 g/mol. The van der Waals surface area contributed by atoms with Crippen molar-refractivity contribution in [3.05, 3.63) is 63.8 Å². The van der Waals surface area contributed by atoms with Crippen LogP contribution in [0.3, 0.4) is 0 Å². The summed E-state index contributed by atoms with van der Waals surface area (Å²) in [6.07, 6.45) is 1.54. The average Bonchev–Trinajstić information content (AvgIpc) is 2.87. The first-order valence-corrected chi connectivity index (χ1v) is 8.76. The van der Waals surface area contributed by atoms with Gasteiger partial charge in [-0.15, -0.1) is 0 Å². The zero-order chi connectivity index (χ0) is 18.7. The Kier molecular flexibility index (Phi) is 5.49. The van der Waals surface area contributed by atoms with Gasteiger partial charge in [-0.05, 0) is 59.8 Å². The number of thioether (sulfide) groups is 1. The van der Waals surface area contributed by atoms with Gasteiger partial charge in [-0.1, -0.05) is 17.7 Å². The van der Waals surface area contributed by atoms with E-state index >= 15 is 0 Å². The van der Waals surface area contributed by atoms with Crippen molar-refractivity contribution in [3.63, 3.8) is 0 Å². The van der Waals surface area contributed by atoms with Crippen molar-refractivity contribution >= 4 is 40.6 Å². The number of phenols is 1. The Balaban J connectivity index is 1.63. The second kappa shape index (κ2) is 7.80. The molecule has 1 aliphatic rings. The van der Waals surface area contributed by atoms with Gasteiger partial charge in [0.15, 0.2) is 0 Å². The summed E-state index contributed by atoms with van der Waals surface area (Å²) in [5.74, 6) is -0.405. The van der Waals surface area contributed by atoms with E-state index in [9.17, 15) is 19.1 Å². The number of carbonyl (C=O) groups is 2. The van der Waals surface area contributed by atoms with Gasteiger partial charge < -0.3 is 9.84 Å². The van der Waals surface area contributed by atoms with Crippen molar-refractivity contribution in [1.29, 1.82) is 0 Å². The van der Waals surface area contributed by atoms with Gasteiger partial charge in [0.25, 0.3) is 11.1 Å². The van der Waals surface area contributed by atoms with E-state index in [1.54, 1.807) is 6.07 Å². The van der Waals surface area contributed by atoms with Crippen molar-refractivity contribution in [2.45, 2.75) is 0 Å². The number of amides is 2. The Labute approximate surface area is 158 Å². The largest absolute Gasteiger partial charge is 0.506 e. The number of halogens is 2. The van der Waals surface area contributed by atoms with Crippen molar-refractivity contribution in [2.75, 3.05) is 13.2 Å². The lowest BCUT2D eigenvalue weighted by molar-refractivity contribution is -0.123. The van der Waals surface area contributed by atoms with Crippen LogP contribution in [0, 0.1) is 5.82 Å². The van der Waals surface area contributed by atoms with Crippen LogP contribution in [0.2, 0.25) is 5.02 Å². The van der Waals surface area contributed by atoms with E-state index in [2.05, 4.69) is 0 Å². The second-order valence-corrected chi connectivity index (χ2v) is 6.75. The van der Waals surface area contributed by atoms with Gasteiger partial charge in [0.1, 0.15) is 23.9 Å². The third kappa shape index (κ3) is 4.17. The SMILES string of the molecule is O=C1S/C(=C\c2ccc(O)c(Cl)c2)C(=O)N1CCOc1ccc(F)cc1. The summed E-state index contributed by atoms with van der Waals surface area (Å²) in [5, 5.41) is 9.19. The summed E-state index contributed by atoms with van der Waals surface area (Å²) < 4.78 is 18.3. The highest BCUT2D eigenvalue weighted by atomic mass is 35.5. The van der Waals surface area contributed by atoms with Gasteiger partial charge in [0.05, 0.1) is 16.5 Å². The number of nitrogens with zero attached hydrogens (tertiary/aromatic N) is 1. The van der Waals surface area contributed by atoms with Gasteiger partial charge >= 0.3 is 0 Å². The minimum atomic E-state index is -0.424. The van der Waals surface area contributed by atoms with Gasteiger partial charge in [0, 0.05) is 0 Å². The molecule has 0 spiro atoms. The van der Waals surface area contributed by atoms with Crippen LogP contribution in [0.25, 0.3) is 6.08 Å². The van der Waals surface area contributed by atoms with Crippen LogP contribution in [-0.4, -0.2) is 34.3 Å². The molecule has 0 aliphatic carbocycles. The van der Waals surface area contributed by atoms with E-state index in [1.807, 2.05) is 0 Å². The van der Waals surface area contributed by atoms with E-state index in [-0.39, 0.29) is 34.6 Å². The second-order valence-electron chi connectivity index (χ2n) is 5.35. The summed E-state index contributed by atoms with van der Waals surface area (Å²) in [6.45, 7) is 0.178. The Morgan fingerprint density at radius 3 is 2.62 bits per heavy atom. The molecule has 0 saturated carbocycles. The molecule has 1 N–H and O–H groups in total. The zero-order valence-electron chi connectivity index (χ0n) is 13.3. The molecule has 0 bridgehead atoms. The molecular weight excluding hydrogens is 381 g/mol. The molecule has 134 valence electrons. The molecule has 2 aromatic carbocycles. The van der Waals surface area contributed by atoms with Crippen molar-refractivity contribution < 1.29 is 23.8 Å². The average molecular weight is 394 g/mol. The van der Waals surface area contributed by atoms with Gasteiger partial charge in [-0.2, -0.15) is 0 Å². The molecule has 5 nitrogen and oxygen atoms in total. The van der Waals surface area contributed by atoms with Gasteiger partial charge in [-0.25, -0.2) is 4.39 Å². The first kappa shape index (κ1) is 18.3. The third-order valence-corrected chi connectivity index (χ3v) is 4.75. The molecule has 1 heterocycles. The number of ether oxygens (including phenoxy) is 1. The number of aromatic hydroxyl groups is 1. The van der Waals surface area contributed by atoms with Crippen LogP contribution in [0.5, 0.6) is 11.5 Å². The van der Waals surface area contributed by atoms with Crippen LogP contribution in [0.4, 0.5) is 9.18 Å². The first-order valence-electron chi connectivity index (χ1n) is 7.56. The summed E-state index contributed by atoms with van der Waals surface area (Å²) in [7, 11) is 0. The fourth-order valence-electron chi connectivity index (χ4n) is 2.24. The van der Waals surface area contributed by atoms with E-state index < -0.39 is 11.1 Å². The van der Waals surface area contributed by atoms with Gasteiger partial charge in [0.2, 0.25) is 0 Å². The van der Waals surface area contributed by atoms with E-state index in [0.29, 0.717) is 11.3 Å². The maximum absolute atomic E-state index is 12.8. The highest BCUT2D eigenvalue weighted by molar-refractivity contribution is 8.18. The smallest absolute Gasteiger partial charge is 0.293 e. The summed E-state index contributed by atoms with van der Waals surface area (Å²) in [4.78, 5) is 25.8. The fourth-order valence-corrected chi connectivity index (χ4v) is 3.30. The number of hydrogen-bond donors (Lipinski definition) is 1. The molecule has 1 aliphatic heterocycles. The number of hydrogen-bond acceptors (Lipinski definition) is 5. The molecule has 3 rings (SSSR count). The highest BCUT2D eigenvalue weighted by Gasteiger charge is 2.34. The summed E-state index contributed by atoms with van der Waals surface area (Å²) in [5.41, 5.74) is 0.598. The standard InChI is InChI=1S/C18H13ClFNO4S/c19-14-9-11(1-6-15(14)22)10-16-17(23)21(18(24)26-16)7-8-25-13-4-2-12(20)3-5-13/h1-6,9-10,22H,7-8H2/b16-10-. The zero-order valence-corrected chi connectivity index (χ0v) is 14.9.